The van der Waals surface area contributed by atoms with Gasteiger partial charge in [0.15, 0.2) is 0 Å². The van der Waals surface area contributed by atoms with E-state index in [1.807, 2.05) is 0 Å². The third kappa shape index (κ3) is 5.88. The Morgan fingerprint density at radius 3 is 2.81 bits per heavy atom. The summed E-state index contributed by atoms with van der Waals surface area (Å²) in [6.45, 7) is 1.98. The first-order valence-electron chi connectivity index (χ1n) is 9.98. The fourth-order valence-electron chi connectivity index (χ4n) is 3.37. The first kappa shape index (κ1) is 22.4. The van der Waals surface area contributed by atoms with Crippen LogP contribution in [0, 0.1) is 5.82 Å². The van der Waals surface area contributed by atoms with Crippen LogP contribution in [0.4, 0.5) is 4.39 Å². The van der Waals surface area contributed by atoms with Gasteiger partial charge in [0.05, 0.1) is 13.0 Å². The number of cyclic esters (lactones) is 1. The van der Waals surface area contributed by atoms with Crippen molar-refractivity contribution in [3.05, 3.63) is 47.8 Å². The van der Waals surface area contributed by atoms with Gasteiger partial charge in [-0.1, -0.05) is 18.2 Å². The monoisotopic (exact) mass is 433 g/mol. The number of hydrogen-bond donors (Lipinski definition) is 2. The maximum absolute atomic E-state index is 13.4. The van der Waals surface area contributed by atoms with E-state index in [9.17, 15) is 23.6 Å². The lowest BCUT2D eigenvalue weighted by Gasteiger charge is -2.25. The van der Waals surface area contributed by atoms with Gasteiger partial charge in [-0.3, -0.25) is 19.2 Å². The average molecular weight is 433 g/mol. The van der Waals surface area contributed by atoms with Crippen LogP contribution in [0.2, 0.25) is 0 Å². The zero-order chi connectivity index (χ0) is 22.4. The van der Waals surface area contributed by atoms with Crippen LogP contribution >= 0.6 is 0 Å². The molecule has 2 aliphatic heterocycles. The van der Waals surface area contributed by atoms with Crippen LogP contribution in [-0.4, -0.2) is 66.7 Å². The number of amides is 3. The van der Waals surface area contributed by atoms with E-state index in [-0.39, 0.29) is 31.5 Å². The smallest absolute Gasteiger partial charge is 0.310 e. The van der Waals surface area contributed by atoms with Crippen molar-refractivity contribution in [2.24, 2.45) is 0 Å². The topological polar surface area (TPSA) is 114 Å². The predicted octanol–water partition coefficient (Wildman–Crippen LogP) is 0.507. The maximum atomic E-state index is 13.4. The zero-order valence-electron chi connectivity index (χ0n) is 17.0. The summed E-state index contributed by atoms with van der Waals surface area (Å²) in [5.41, 5.74) is 0.0955. The number of halogens is 1. The Bertz CT molecular complexity index is 890. The van der Waals surface area contributed by atoms with Gasteiger partial charge in [-0.25, -0.2) is 4.39 Å². The minimum absolute atomic E-state index is 0.0173. The van der Waals surface area contributed by atoms with Gasteiger partial charge in [-0.2, -0.15) is 0 Å². The molecule has 3 amide bonds. The molecule has 1 fully saturated rings. The van der Waals surface area contributed by atoms with Crippen molar-refractivity contribution in [3.8, 4) is 0 Å². The number of nitrogens with zero attached hydrogens (tertiary/aromatic N) is 1. The van der Waals surface area contributed by atoms with Crippen molar-refractivity contribution >= 4 is 23.7 Å². The van der Waals surface area contributed by atoms with Crippen LogP contribution in [0.3, 0.4) is 0 Å². The van der Waals surface area contributed by atoms with Crippen molar-refractivity contribution < 1.29 is 33.0 Å². The molecule has 10 heteroatoms. The molecule has 3 atom stereocenters. The molecule has 0 spiro atoms. The second-order valence-electron chi connectivity index (χ2n) is 7.15. The van der Waals surface area contributed by atoms with Gasteiger partial charge in [-0.15, -0.1) is 0 Å². The van der Waals surface area contributed by atoms with Gasteiger partial charge in [0.1, 0.15) is 17.9 Å². The predicted molar refractivity (Wildman–Crippen MR) is 106 cm³/mol. The summed E-state index contributed by atoms with van der Waals surface area (Å²) in [4.78, 5) is 50.6. The van der Waals surface area contributed by atoms with Gasteiger partial charge in [0.25, 0.3) is 5.91 Å². The average Bonchev–Trinajstić information content (AvgIpc) is 2.97. The SMILES string of the molecule is CCOC1OC(=O)CC1NC(=O)CN1CC=CCC(NC(=O)c2cccc(F)c2)C1=O. The molecule has 9 nitrogen and oxygen atoms in total. The summed E-state index contributed by atoms with van der Waals surface area (Å²) < 4.78 is 23.7. The number of carbonyl (C=O) groups excluding carboxylic acids is 4. The van der Waals surface area contributed by atoms with Crippen LogP contribution in [0.15, 0.2) is 36.4 Å². The molecule has 2 aliphatic rings. The Labute approximate surface area is 178 Å². The zero-order valence-corrected chi connectivity index (χ0v) is 17.0. The summed E-state index contributed by atoms with van der Waals surface area (Å²) in [7, 11) is 0. The Hall–Kier alpha value is -3.27. The second kappa shape index (κ2) is 10.2. The van der Waals surface area contributed by atoms with E-state index in [0.29, 0.717) is 6.61 Å². The molecular weight excluding hydrogens is 409 g/mol. The van der Waals surface area contributed by atoms with Crippen molar-refractivity contribution in [3.63, 3.8) is 0 Å². The molecule has 1 aromatic carbocycles. The first-order valence-corrected chi connectivity index (χ1v) is 9.98. The van der Waals surface area contributed by atoms with Crippen LogP contribution in [-0.2, 0) is 23.9 Å². The highest BCUT2D eigenvalue weighted by Crippen LogP contribution is 2.16. The fraction of sp³-hybridized carbons (Fsp3) is 0.429. The number of benzene rings is 1. The largest absolute Gasteiger partial charge is 0.433 e. The number of nitrogens with one attached hydrogen (secondary N) is 2. The van der Waals surface area contributed by atoms with Gasteiger partial charge in [-0.05, 0) is 31.5 Å². The standard InChI is InChI=1S/C21H24FN3O6/c1-2-30-21-16(11-18(27)31-21)23-17(26)12-25-9-4-3-8-15(20(25)29)24-19(28)13-6-5-7-14(22)10-13/h3-7,10,15-16,21H,2,8-9,11-12H2,1H3,(H,23,26)(H,24,28). The van der Waals surface area contributed by atoms with E-state index in [2.05, 4.69) is 10.6 Å². The molecular formula is C21H24FN3O6. The van der Waals surface area contributed by atoms with Crippen molar-refractivity contribution in [1.29, 1.82) is 0 Å². The minimum Gasteiger partial charge on any atom is -0.433 e. The van der Waals surface area contributed by atoms with Crippen molar-refractivity contribution in [2.45, 2.75) is 38.1 Å². The summed E-state index contributed by atoms with van der Waals surface area (Å²) in [5.74, 6) is -2.54. The van der Waals surface area contributed by atoms with E-state index < -0.39 is 47.9 Å². The van der Waals surface area contributed by atoms with Crippen molar-refractivity contribution in [2.75, 3.05) is 19.7 Å². The molecule has 1 aromatic rings. The van der Waals surface area contributed by atoms with E-state index >= 15 is 0 Å². The molecule has 3 unspecified atom stereocenters. The molecule has 0 radical (unpaired) electrons. The molecule has 3 rings (SSSR count). The lowest BCUT2D eigenvalue weighted by Crippen LogP contribution is -2.52. The van der Waals surface area contributed by atoms with Crippen LogP contribution < -0.4 is 10.6 Å². The maximum Gasteiger partial charge on any atom is 0.310 e. The Balaban J connectivity index is 1.60. The number of ether oxygens (including phenoxy) is 2. The van der Waals surface area contributed by atoms with Crippen molar-refractivity contribution in [1.82, 2.24) is 15.5 Å². The summed E-state index contributed by atoms with van der Waals surface area (Å²) >= 11 is 0. The van der Waals surface area contributed by atoms with Crippen LogP contribution in [0.25, 0.3) is 0 Å². The molecule has 166 valence electrons. The highest BCUT2D eigenvalue weighted by atomic mass is 19.1. The van der Waals surface area contributed by atoms with Gasteiger partial charge >= 0.3 is 5.97 Å². The van der Waals surface area contributed by atoms with Gasteiger partial charge < -0.3 is 25.0 Å². The summed E-state index contributed by atoms with van der Waals surface area (Å²) in [6.07, 6.45) is 2.83. The molecule has 0 bridgehead atoms. The number of esters is 1. The number of hydrogen-bond acceptors (Lipinski definition) is 6. The highest BCUT2D eigenvalue weighted by Gasteiger charge is 2.37. The Morgan fingerprint density at radius 2 is 2.06 bits per heavy atom. The quantitative estimate of drug-likeness (QED) is 0.478. The molecule has 2 heterocycles. The Kier molecular flexibility index (Phi) is 7.35. The molecule has 1 saturated heterocycles. The normalized spacial score (nSPS) is 23.3. The summed E-state index contributed by atoms with van der Waals surface area (Å²) in [6, 6.07) is 3.62. The third-order valence-electron chi connectivity index (χ3n) is 4.84. The molecule has 0 aliphatic carbocycles. The third-order valence-corrected chi connectivity index (χ3v) is 4.84. The fourth-order valence-corrected chi connectivity index (χ4v) is 3.37. The van der Waals surface area contributed by atoms with E-state index in [0.717, 1.165) is 6.07 Å². The molecule has 0 aromatic heterocycles. The molecule has 31 heavy (non-hydrogen) atoms. The van der Waals surface area contributed by atoms with E-state index in [1.54, 1.807) is 19.1 Å². The number of rotatable bonds is 7. The van der Waals surface area contributed by atoms with Gasteiger partial charge in [0, 0.05) is 18.7 Å². The van der Waals surface area contributed by atoms with Gasteiger partial charge in [0.2, 0.25) is 18.1 Å². The highest BCUT2D eigenvalue weighted by molar-refractivity contribution is 5.98. The lowest BCUT2D eigenvalue weighted by molar-refractivity contribution is -0.164. The second-order valence-corrected chi connectivity index (χ2v) is 7.15. The number of carbonyl (C=O) groups is 4. The molecule has 2 N–H and O–H groups in total. The first-order chi connectivity index (χ1) is 14.9. The Morgan fingerprint density at radius 1 is 1.26 bits per heavy atom. The summed E-state index contributed by atoms with van der Waals surface area (Å²) in [5, 5.41) is 5.26. The lowest BCUT2D eigenvalue weighted by atomic mass is 10.1. The molecule has 0 saturated carbocycles. The van der Waals surface area contributed by atoms with E-state index in [4.69, 9.17) is 9.47 Å². The minimum atomic E-state index is -0.894. The van der Waals surface area contributed by atoms with E-state index in [1.165, 1.54) is 23.1 Å². The van der Waals surface area contributed by atoms with Crippen LogP contribution in [0.1, 0.15) is 30.1 Å². The van der Waals surface area contributed by atoms with Crippen LogP contribution in [0.5, 0.6) is 0 Å².